The van der Waals surface area contributed by atoms with Crippen molar-refractivity contribution >= 4 is 17.6 Å². The molecule has 0 bridgehead atoms. The molecule has 0 spiro atoms. The number of amides is 2. The molecule has 1 heterocycles. The molecule has 1 atom stereocenters. The Morgan fingerprint density at radius 3 is 2.67 bits per heavy atom. The first-order chi connectivity index (χ1) is 8.58. The molecule has 0 unspecified atom stereocenters. The van der Waals surface area contributed by atoms with Gasteiger partial charge >= 0.3 is 6.03 Å². The standard InChI is InChI=1S/C14H19ClN2O/c1-10(2)16-14(18)17-9-3-4-13(17)11-5-7-12(15)8-6-11/h5-8,10,13H,3-4,9H2,1-2H3,(H,16,18)/t13-/m0/s1. The lowest BCUT2D eigenvalue weighted by molar-refractivity contribution is 0.190. The Labute approximate surface area is 113 Å². The van der Waals surface area contributed by atoms with Crippen molar-refractivity contribution in [2.75, 3.05) is 6.54 Å². The van der Waals surface area contributed by atoms with Gasteiger partial charge in [0.2, 0.25) is 0 Å². The summed E-state index contributed by atoms with van der Waals surface area (Å²) >= 11 is 5.89. The van der Waals surface area contributed by atoms with Crippen LogP contribution in [-0.2, 0) is 0 Å². The fraction of sp³-hybridized carbons (Fsp3) is 0.500. The molecule has 98 valence electrons. The second kappa shape index (κ2) is 5.61. The Kier molecular flexibility index (Phi) is 4.12. The molecule has 1 aromatic rings. The van der Waals surface area contributed by atoms with E-state index < -0.39 is 0 Å². The van der Waals surface area contributed by atoms with Crippen molar-refractivity contribution < 1.29 is 4.79 Å². The molecule has 2 amide bonds. The van der Waals surface area contributed by atoms with Crippen LogP contribution in [0.3, 0.4) is 0 Å². The maximum atomic E-state index is 12.1. The zero-order valence-electron chi connectivity index (χ0n) is 10.8. The molecule has 1 aromatic carbocycles. The molecular formula is C14H19ClN2O. The number of hydrogen-bond donors (Lipinski definition) is 1. The maximum absolute atomic E-state index is 12.1. The number of rotatable bonds is 2. The van der Waals surface area contributed by atoms with E-state index in [9.17, 15) is 4.79 Å². The lowest BCUT2D eigenvalue weighted by Gasteiger charge is -2.26. The summed E-state index contributed by atoms with van der Waals surface area (Å²) < 4.78 is 0. The van der Waals surface area contributed by atoms with Crippen molar-refractivity contribution in [2.24, 2.45) is 0 Å². The highest BCUT2D eigenvalue weighted by atomic mass is 35.5. The molecule has 1 fully saturated rings. The fourth-order valence-electron chi connectivity index (χ4n) is 2.37. The molecule has 4 heteroatoms. The SMILES string of the molecule is CC(C)NC(=O)N1CCC[C@H]1c1ccc(Cl)cc1. The van der Waals surface area contributed by atoms with Gasteiger partial charge in [0.15, 0.2) is 0 Å². The Hall–Kier alpha value is -1.22. The predicted molar refractivity (Wildman–Crippen MR) is 73.8 cm³/mol. The Bertz CT molecular complexity index is 416. The average Bonchev–Trinajstić information content (AvgIpc) is 2.78. The lowest BCUT2D eigenvalue weighted by atomic mass is 10.1. The third-order valence-corrected chi connectivity index (χ3v) is 3.43. The van der Waals surface area contributed by atoms with Crippen LogP contribution in [0.25, 0.3) is 0 Å². The van der Waals surface area contributed by atoms with Gasteiger partial charge in [-0.25, -0.2) is 4.79 Å². The van der Waals surface area contributed by atoms with Crippen molar-refractivity contribution in [2.45, 2.75) is 38.8 Å². The zero-order valence-corrected chi connectivity index (χ0v) is 11.6. The monoisotopic (exact) mass is 266 g/mol. The van der Waals surface area contributed by atoms with Gasteiger partial charge in [-0.1, -0.05) is 23.7 Å². The number of nitrogens with one attached hydrogen (secondary N) is 1. The quantitative estimate of drug-likeness (QED) is 0.872. The number of halogens is 1. The van der Waals surface area contributed by atoms with E-state index in [-0.39, 0.29) is 18.1 Å². The molecule has 1 N–H and O–H groups in total. The van der Waals surface area contributed by atoms with E-state index in [1.165, 1.54) is 0 Å². The van der Waals surface area contributed by atoms with Gasteiger partial charge in [0.25, 0.3) is 0 Å². The summed E-state index contributed by atoms with van der Waals surface area (Å²) in [7, 11) is 0. The van der Waals surface area contributed by atoms with Crippen LogP contribution >= 0.6 is 11.6 Å². The van der Waals surface area contributed by atoms with E-state index in [4.69, 9.17) is 11.6 Å². The van der Waals surface area contributed by atoms with Gasteiger partial charge in [0.05, 0.1) is 6.04 Å². The van der Waals surface area contributed by atoms with Gasteiger partial charge in [-0.2, -0.15) is 0 Å². The average molecular weight is 267 g/mol. The molecule has 1 aliphatic rings. The van der Waals surface area contributed by atoms with E-state index in [0.29, 0.717) is 0 Å². The lowest BCUT2D eigenvalue weighted by Crippen LogP contribution is -2.42. The molecule has 1 saturated heterocycles. The van der Waals surface area contributed by atoms with Gasteiger partial charge in [-0.15, -0.1) is 0 Å². The second-order valence-electron chi connectivity index (χ2n) is 5.01. The van der Waals surface area contributed by atoms with Crippen LogP contribution in [0.15, 0.2) is 24.3 Å². The van der Waals surface area contributed by atoms with E-state index in [1.54, 1.807) is 0 Å². The zero-order chi connectivity index (χ0) is 13.1. The van der Waals surface area contributed by atoms with Gasteiger partial charge in [-0.3, -0.25) is 0 Å². The second-order valence-corrected chi connectivity index (χ2v) is 5.44. The summed E-state index contributed by atoms with van der Waals surface area (Å²) in [5.41, 5.74) is 1.16. The molecule has 3 nitrogen and oxygen atoms in total. The first kappa shape index (κ1) is 13.2. The molecule has 0 radical (unpaired) electrons. The number of carbonyl (C=O) groups excluding carboxylic acids is 1. The first-order valence-electron chi connectivity index (χ1n) is 6.40. The number of urea groups is 1. The van der Waals surface area contributed by atoms with Crippen molar-refractivity contribution in [3.8, 4) is 0 Å². The van der Waals surface area contributed by atoms with Crippen LogP contribution in [0.4, 0.5) is 4.79 Å². The molecule has 0 aromatic heterocycles. The Balaban J connectivity index is 2.12. The summed E-state index contributed by atoms with van der Waals surface area (Å²) in [6.07, 6.45) is 2.08. The molecule has 18 heavy (non-hydrogen) atoms. The van der Waals surface area contributed by atoms with Gasteiger partial charge in [0, 0.05) is 17.6 Å². The summed E-state index contributed by atoms with van der Waals surface area (Å²) in [6, 6.07) is 8.16. The summed E-state index contributed by atoms with van der Waals surface area (Å²) in [5, 5.41) is 3.69. The number of nitrogens with zero attached hydrogens (tertiary/aromatic N) is 1. The minimum absolute atomic E-state index is 0.0300. The third-order valence-electron chi connectivity index (χ3n) is 3.18. The largest absolute Gasteiger partial charge is 0.336 e. The normalized spacial score (nSPS) is 19.3. The minimum Gasteiger partial charge on any atom is -0.336 e. The van der Waals surface area contributed by atoms with Crippen LogP contribution in [0, 0.1) is 0 Å². The van der Waals surface area contributed by atoms with Crippen LogP contribution in [0.1, 0.15) is 38.3 Å². The highest BCUT2D eigenvalue weighted by Gasteiger charge is 2.29. The summed E-state index contributed by atoms with van der Waals surface area (Å²) in [5.74, 6) is 0. The van der Waals surface area contributed by atoms with Gasteiger partial charge in [-0.05, 0) is 44.4 Å². The number of carbonyl (C=O) groups is 1. The molecule has 2 rings (SSSR count). The van der Waals surface area contributed by atoms with E-state index >= 15 is 0 Å². The van der Waals surface area contributed by atoms with Crippen molar-refractivity contribution in [1.29, 1.82) is 0 Å². The van der Waals surface area contributed by atoms with Crippen molar-refractivity contribution in [3.05, 3.63) is 34.9 Å². The Morgan fingerprint density at radius 1 is 1.39 bits per heavy atom. The van der Waals surface area contributed by atoms with Crippen molar-refractivity contribution in [3.63, 3.8) is 0 Å². The van der Waals surface area contributed by atoms with Gasteiger partial charge in [0.1, 0.15) is 0 Å². The van der Waals surface area contributed by atoms with Crippen molar-refractivity contribution in [1.82, 2.24) is 10.2 Å². The minimum atomic E-state index is 0.0300. The predicted octanol–water partition coefficient (Wildman–Crippen LogP) is 3.59. The number of hydrogen-bond acceptors (Lipinski definition) is 1. The molecule has 0 saturated carbocycles. The van der Waals surface area contributed by atoms with E-state index in [0.717, 1.165) is 30.0 Å². The number of likely N-dealkylation sites (tertiary alicyclic amines) is 1. The van der Waals surface area contributed by atoms with E-state index in [1.807, 2.05) is 43.0 Å². The summed E-state index contributed by atoms with van der Waals surface area (Å²) in [4.78, 5) is 14.0. The number of benzene rings is 1. The molecule has 0 aliphatic carbocycles. The topological polar surface area (TPSA) is 32.3 Å². The van der Waals surface area contributed by atoms with Crippen LogP contribution in [0.2, 0.25) is 5.02 Å². The molecular weight excluding hydrogens is 248 g/mol. The highest BCUT2D eigenvalue weighted by Crippen LogP contribution is 2.32. The molecule has 1 aliphatic heterocycles. The van der Waals surface area contributed by atoms with Crippen LogP contribution in [-0.4, -0.2) is 23.5 Å². The van der Waals surface area contributed by atoms with Crippen LogP contribution in [0.5, 0.6) is 0 Å². The highest BCUT2D eigenvalue weighted by molar-refractivity contribution is 6.30. The smallest absolute Gasteiger partial charge is 0.318 e. The third kappa shape index (κ3) is 2.96. The first-order valence-corrected chi connectivity index (χ1v) is 6.78. The Morgan fingerprint density at radius 2 is 2.06 bits per heavy atom. The maximum Gasteiger partial charge on any atom is 0.318 e. The summed E-state index contributed by atoms with van der Waals surface area (Å²) in [6.45, 7) is 4.78. The fourth-order valence-corrected chi connectivity index (χ4v) is 2.50. The van der Waals surface area contributed by atoms with E-state index in [2.05, 4.69) is 5.32 Å². The van der Waals surface area contributed by atoms with Crippen LogP contribution < -0.4 is 5.32 Å². The van der Waals surface area contributed by atoms with Gasteiger partial charge < -0.3 is 10.2 Å².